The normalized spacial score (nSPS) is 25.3. The van der Waals surface area contributed by atoms with Crippen molar-refractivity contribution in [3.63, 3.8) is 0 Å². The number of carbonyl (C=O) groups is 1. The van der Waals surface area contributed by atoms with Crippen molar-refractivity contribution >= 4 is 28.3 Å². The molecule has 152 valence electrons. The predicted octanol–water partition coefficient (Wildman–Crippen LogP) is 0.936. The number of carbonyl (C=O) groups excluding carboxylic acids is 1. The zero-order valence-corrected chi connectivity index (χ0v) is 17.4. The zero-order chi connectivity index (χ0) is 18.5. The average Bonchev–Trinajstić information content (AvgIpc) is 3.20. The van der Waals surface area contributed by atoms with E-state index in [9.17, 15) is 13.2 Å². The first kappa shape index (κ1) is 20.6. The van der Waals surface area contributed by atoms with E-state index in [-0.39, 0.29) is 34.5 Å². The van der Waals surface area contributed by atoms with Gasteiger partial charge in [0.15, 0.2) is 5.76 Å². The number of aryl methyl sites for hydroxylation is 2. The highest BCUT2D eigenvalue weighted by molar-refractivity contribution is 7.89. The third-order valence-corrected chi connectivity index (χ3v) is 8.35. The Kier molecular flexibility index (Phi) is 5.60. The maximum Gasteiger partial charge on any atom is 0.248 e. The van der Waals surface area contributed by atoms with Crippen LogP contribution in [0.4, 0.5) is 0 Å². The third-order valence-electron chi connectivity index (χ3n) is 6.20. The van der Waals surface area contributed by atoms with Crippen molar-refractivity contribution in [1.29, 1.82) is 0 Å². The summed E-state index contributed by atoms with van der Waals surface area (Å²) in [4.78, 5) is 14.8. The first-order valence-corrected chi connectivity index (χ1v) is 10.7. The Morgan fingerprint density at radius 3 is 2.37 bits per heavy atom. The van der Waals surface area contributed by atoms with Gasteiger partial charge in [-0.15, -0.1) is 12.4 Å². The molecule has 27 heavy (non-hydrogen) atoms. The summed E-state index contributed by atoms with van der Waals surface area (Å²) in [6, 6.07) is 0. The van der Waals surface area contributed by atoms with Crippen molar-refractivity contribution in [2.24, 2.45) is 11.3 Å². The van der Waals surface area contributed by atoms with Gasteiger partial charge in [-0.25, -0.2) is 8.42 Å². The molecule has 0 radical (unpaired) electrons. The van der Waals surface area contributed by atoms with Gasteiger partial charge in [0, 0.05) is 32.1 Å². The fraction of sp³-hybridized carbons (Fsp3) is 0.765. The Labute approximate surface area is 166 Å². The molecule has 1 unspecified atom stereocenters. The molecule has 1 atom stereocenters. The molecule has 1 amide bonds. The van der Waals surface area contributed by atoms with E-state index in [4.69, 9.17) is 4.52 Å². The second-order valence-electron chi connectivity index (χ2n) is 7.75. The lowest BCUT2D eigenvalue weighted by molar-refractivity contribution is -0.134. The van der Waals surface area contributed by atoms with E-state index >= 15 is 0 Å². The fourth-order valence-corrected chi connectivity index (χ4v) is 6.23. The lowest BCUT2D eigenvalue weighted by atomic mass is 9.91. The van der Waals surface area contributed by atoms with Gasteiger partial charge in [0.1, 0.15) is 10.6 Å². The second kappa shape index (κ2) is 7.35. The molecule has 0 aromatic carbocycles. The van der Waals surface area contributed by atoms with Gasteiger partial charge in [0.25, 0.3) is 0 Å². The van der Waals surface area contributed by atoms with E-state index in [1.165, 1.54) is 4.31 Å². The van der Waals surface area contributed by atoms with Crippen LogP contribution in [0.1, 0.15) is 30.7 Å². The Bertz CT molecular complexity index is 791. The largest absolute Gasteiger partial charge is 0.360 e. The van der Waals surface area contributed by atoms with Crippen LogP contribution in [0.3, 0.4) is 0 Å². The van der Waals surface area contributed by atoms with Gasteiger partial charge >= 0.3 is 0 Å². The molecule has 1 aromatic heterocycles. The molecule has 2 aliphatic heterocycles. The second-order valence-corrected chi connectivity index (χ2v) is 9.63. The smallest absolute Gasteiger partial charge is 0.248 e. The fourth-order valence-electron chi connectivity index (χ4n) is 4.52. The van der Waals surface area contributed by atoms with Crippen LogP contribution < -0.4 is 5.32 Å². The standard InChI is InChI=1S/C17H26N4O4S.ClH/c1-12-15(13(2)25-19-12)26(23,24)21-9-7-20(8-10-21)16(22)14-11-17(14)3-5-18-6-4-17;/h14,18H,3-11H2,1-2H3;1H. The van der Waals surface area contributed by atoms with Gasteiger partial charge in [-0.1, -0.05) is 5.16 Å². The monoisotopic (exact) mass is 418 g/mol. The maximum atomic E-state index is 12.9. The molecule has 2 saturated heterocycles. The summed E-state index contributed by atoms with van der Waals surface area (Å²) in [6.45, 7) is 6.77. The number of hydrogen-bond donors (Lipinski definition) is 1. The van der Waals surface area contributed by atoms with E-state index in [0.717, 1.165) is 32.4 Å². The first-order chi connectivity index (χ1) is 12.3. The average molecular weight is 419 g/mol. The van der Waals surface area contributed by atoms with Crippen molar-refractivity contribution in [3.8, 4) is 0 Å². The van der Waals surface area contributed by atoms with Gasteiger partial charge < -0.3 is 14.7 Å². The molecule has 10 heteroatoms. The summed E-state index contributed by atoms with van der Waals surface area (Å²) in [5.41, 5.74) is 0.592. The summed E-state index contributed by atoms with van der Waals surface area (Å²) in [5, 5.41) is 7.10. The van der Waals surface area contributed by atoms with Gasteiger partial charge in [0.05, 0.1) is 0 Å². The van der Waals surface area contributed by atoms with Crippen molar-refractivity contribution < 1.29 is 17.7 Å². The highest BCUT2D eigenvalue weighted by atomic mass is 35.5. The van der Waals surface area contributed by atoms with Crippen LogP contribution in [0.5, 0.6) is 0 Å². The molecule has 1 aliphatic carbocycles. The number of halogens is 1. The molecule has 1 spiro atoms. The van der Waals surface area contributed by atoms with Crippen molar-refractivity contribution in [2.45, 2.75) is 38.0 Å². The van der Waals surface area contributed by atoms with Crippen molar-refractivity contribution in [1.82, 2.24) is 19.7 Å². The summed E-state index contributed by atoms with van der Waals surface area (Å²) < 4.78 is 32.2. The molecule has 3 heterocycles. The number of hydrogen-bond acceptors (Lipinski definition) is 6. The predicted molar refractivity (Wildman–Crippen MR) is 101 cm³/mol. The summed E-state index contributed by atoms with van der Waals surface area (Å²) in [5.74, 6) is 0.656. The Morgan fingerprint density at radius 2 is 1.81 bits per heavy atom. The van der Waals surface area contributed by atoms with Crippen LogP contribution in [-0.4, -0.2) is 68.0 Å². The highest BCUT2D eigenvalue weighted by Gasteiger charge is 2.58. The van der Waals surface area contributed by atoms with Gasteiger partial charge in [0.2, 0.25) is 15.9 Å². The van der Waals surface area contributed by atoms with Crippen LogP contribution in [-0.2, 0) is 14.8 Å². The molecule has 0 bridgehead atoms. The van der Waals surface area contributed by atoms with Crippen LogP contribution in [0.2, 0.25) is 0 Å². The minimum Gasteiger partial charge on any atom is -0.360 e. The summed E-state index contributed by atoms with van der Waals surface area (Å²) >= 11 is 0. The Balaban J connectivity index is 0.00000210. The molecule has 1 aromatic rings. The number of aromatic nitrogens is 1. The zero-order valence-electron chi connectivity index (χ0n) is 15.7. The van der Waals surface area contributed by atoms with Crippen LogP contribution in [0.15, 0.2) is 9.42 Å². The van der Waals surface area contributed by atoms with Gasteiger partial charge in [-0.2, -0.15) is 4.31 Å². The summed E-state index contributed by atoms with van der Waals surface area (Å²) in [6.07, 6.45) is 3.14. The van der Waals surface area contributed by atoms with Gasteiger partial charge in [-0.05, 0) is 51.6 Å². The minimum atomic E-state index is -3.63. The lowest BCUT2D eigenvalue weighted by Gasteiger charge is -2.34. The van der Waals surface area contributed by atoms with E-state index in [2.05, 4.69) is 10.5 Å². The van der Waals surface area contributed by atoms with E-state index in [0.29, 0.717) is 37.6 Å². The number of nitrogens with one attached hydrogen (secondary N) is 1. The molecule has 3 fully saturated rings. The number of sulfonamides is 1. The summed E-state index contributed by atoms with van der Waals surface area (Å²) in [7, 11) is -3.63. The van der Waals surface area contributed by atoms with E-state index in [1.807, 2.05) is 4.90 Å². The minimum absolute atomic E-state index is 0. The molecule has 3 aliphatic rings. The Morgan fingerprint density at radius 1 is 1.19 bits per heavy atom. The molecule has 1 saturated carbocycles. The van der Waals surface area contributed by atoms with E-state index in [1.54, 1.807) is 13.8 Å². The number of piperidine rings is 1. The molecule has 1 N–H and O–H groups in total. The molecular weight excluding hydrogens is 392 g/mol. The van der Waals surface area contributed by atoms with Crippen molar-refractivity contribution in [2.75, 3.05) is 39.3 Å². The SMILES string of the molecule is Cc1noc(C)c1S(=O)(=O)N1CCN(C(=O)C2CC23CCNCC3)CC1.Cl. The third kappa shape index (κ3) is 3.50. The maximum absolute atomic E-state index is 12.9. The van der Waals surface area contributed by atoms with E-state index < -0.39 is 10.0 Å². The number of piperazine rings is 1. The number of amides is 1. The lowest BCUT2D eigenvalue weighted by Crippen LogP contribution is -2.51. The quantitative estimate of drug-likeness (QED) is 0.784. The molecule has 8 nitrogen and oxygen atoms in total. The van der Waals surface area contributed by atoms with Crippen molar-refractivity contribution in [3.05, 3.63) is 11.5 Å². The number of rotatable bonds is 3. The van der Waals surface area contributed by atoms with Crippen LogP contribution >= 0.6 is 12.4 Å². The molecular formula is C17H27ClN4O4S. The first-order valence-electron chi connectivity index (χ1n) is 9.28. The van der Waals surface area contributed by atoms with Crippen LogP contribution in [0, 0.1) is 25.2 Å². The highest BCUT2D eigenvalue weighted by Crippen LogP contribution is 2.59. The van der Waals surface area contributed by atoms with Crippen LogP contribution in [0.25, 0.3) is 0 Å². The van der Waals surface area contributed by atoms with Gasteiger partial charge in [-0.3, -0.25) is 4.79 Å². The number of nitrogens with zero attached hydrogens (tertiary/aromatic N) is 3. The Hall–Kier alpha value is -1.16. The topological polar surface area (TPSA) is 95.8 Å². The molecule has 4 rings (SSSR count).